The van der Waals surface area contributed by atoms with Crippen molar-refractivity contribution < 1.29 is 19.0 Å². The molecule has 7 nitrogen and oxygen atoms in total. The average Bonchev–Trinajstić information content (AvgIpc) is 2.68. The molecule has 2 heterocycles. The summed E-state index contributed by atoms with van der Waals surface area (Å²) < 4.78 is 16.8. The molecule has 2 N–H and O–H groups in total. The van der Waals surface area contributed by atoms with Gasteiger partial charge in [0.25, 0.3) is 0 Å². The van der Waals surface area contributed by atoms with Crippen LogP contribution in [0.3, 0.4) is 0 Å². The Hall–Kier alpha value is -2.50. The fraction of sp³-hybridized carbons (Fsp3) is 0.400. The molecule has 0 aliphatic carbocycles. The number of rotatable bonds is 4. The second kappa shape index (κ2) is 8.67. The molecule has 1 fully saturated rings. The molecule has 1 aromatic carbocycles. The Morgan fingerprint density at radius 2 is 2.14 bits per heavy atom. The van der Waals surface area contributed by atoms with Crippen LogP contribution >= 0.6 is 15.9 Å². The van der Waals surface area contributed by atoms with E-state index in [0.29, 0.717) is 19.0 Å². The van der Waals surface area contributed by atoms with Crippen molar-refractivity contribution in [1.29, 1.82) is 5.26 Å². The number of carbonyl (C=O) groups excluding carboxylic acids is 1. The van der Waals surface area contributed by atoms with Gasteiger partial charge in [-0.3, -0.25) is 0 Å². The van der Waals surface area contributed by atoms with Crippen molar-refractivity contribution in [2.75, 3.05) is 37.8 Å². The van der Waals surface area contributed by atoms with Crippen LogP contribution in [0.25, 0.3) is 0 Å². The number of nitrogens with two attached hydrogens (primary N) is 1. The molecule has 2 aliphatic heterocycles. The number of carbonyl (C=O) groups is 1. The highest BCUT2D eigenvalue weighted by Crippen LogP contribution is 2.43. The predicted octanol–water partition coefficient (Wildman–Crippen LogP) is 2.93. The van der Waals surface area contributed by atoms with Crippen molar-refractivity contribution in [3.63, 3.8) is 0 Å². The average molecular weight is 448 g/mol. The number of esters is 1. The van der Waals surface area contributed by atoms with Gasteiger partial charge in [-0.05, 0) is 31.5 Å². The summed E-state index contributed by atoms with van der Waals surface area (Å²) in [5.74, 6) is -0.841. The van der Waals surface area contributed by atoms with Crippen LogP contribution in [-0.2, 0) is 19.0 Å². The Morgan fingerprint density at radius 3 is 2.75 bits per heavy atom. The number of benzene rings is 1. The fourth-order valence-electron chi connectivity index (χ4n) is 3.43. The summed E-state index contributed by atoms with van der Waals surface area (Å²) in [5, 5.41) is 9.68. The molecule has 0 amide bonds. The molecule has 3 rings (SSSR count). The fourth-order valence-corrected chi connectivity index (χ4v) is 4.03. The first kappa shape index (κ1) is 20.2. The number of morpholine rings is 1. The van der Waals surface area contributed by atoms with E-state index in [1.807, 2.05) is 18.2 Å². The molecule has 2 aliphatic rings. The number of hydrogen-bond donors (Lipinski definition) is 1. The van der Waals surface area contributed by atoms with Gasteiger partial charge in [-0.25, -0.2) is 4.79 Å². The van der Waals surface area contributed by atoms with E-state index in [4.69, 9.17) is 19.9 Å². The summed E-state index contributed by atoms with van der Waals surface area (Å²) in [5.41, 5.74) is 8.22. The number of ether oxygens (including phenoxy) is 3. The number of nitriles is 1. The maximum Gasteiger partial charge on any atom is 0.338 e. The van der Waals surface area contributed by atoms with Gasteiger partial charge in [0.15, 0.2) is 0 Å². The lowest BCUT2D eigenvalue weighted by Gasteiger charge is -2.30. The Balaban J connectivity index is 2.05. The Labute approximate surface area is 172 Å². The van der Waals surface area contributed by atoms with Crippen LogP contribution in [0, 0.1) is 11.3 Å². The zero-order valence-electron chi connectivity index (χ0n) is 15.8. The Morgan fingerprint density at radius 1 is 1.43 bits per heavy atom. The monoisotopic (exact) mass is 447 g/mol. The lowest BCUT2D eigenvalue weighted by molar-refractivity contribution is -0.139. The van der Waals surface area contributed by atoms with Crippen LogP contribution in [0.2, 0.25) is 0 Å². The van der Waals surface area contributed by atoms with E-state index in [2.05, 4.69) is 26.9 Å². The first-order valence-corrected chi connectivity index (χ1v) is 9.84. The molecule has 1 aromatic rings. The highest BCUT2D eigenvalue weighted by atomic mass is 79.9. The molecular formula is C20H22BrN3O4. The van der Waals surface area contributed by atoms with E-state index in [-0.39, 0.29) is 23.6 Å². The smallest absolute Gasteiger partial charge is 0.338 e. The molecular weight excluding hydrogens is 426 g/mol. The first-order chi connectivity index (χ1) is 13.5. The molecule has 1 saturated heterocycles. The van der Waals surface area contributed by atoms with Gasteiger partial charge < -0.3 is 24.8 Å². The van der Waals surface area contributed by atoms with Crippen LogP contribution in [0.5, 0.6) is 0 Å². The minimum Gasteiger partial charge on any atom is -0.463 e. The van der Waals surface area contributed by atoms with Gasteiger partial charge in [0, 0.05) is 23.2 Å². The van der Waals surface area contributed by atoms with Crippen molar-refractivity contribution in [3.05, 3.63) is 51.0 Å². The lowest BCUT2D eigenvalue weighted by Crippen LogP contribution is -2.36. The second-order valence-electron chi connectivity index (χ2n) is 6.42. The van der Waals surface area contributed by atoms with Crippen molar-refractivity contribution >= 4 is 27.6 Å². The van der Waals surface area contributed by atoms with Gasteiger partial charge in [0.1, 0.15) is 17.4 Å². The van der Waals surface area contributed by atoms with Gasteiger partial charge in [-0.1, -0.05) is 22.0 Å². The SMILES string of the molecule is CCOC(=O)C1=C(C)OC(N)=C(C#N)C1c1ccc(N2CCOCC2)cc1Br. The highest BCUT2D eigenvalue weighted by molar-refractivity contribution is 9.10. The van der Waals surface area contributed by atoms with E-state index in [0.717, 1.165) is 28.8 Å². The van der Waals surface area contributed by atoms with E-state index < -0.39 is 11.9 Å². The standard InChI is InChI=1S/C20H22BrN3O4/c1-3-27-20(25)17-12(2)28-19(23)15(11-22)18(17)14-5-4-13(10-16(14)21)24-6-8-26-9-7-24/h4-5,10,18H,3,6-9,23H2,1-2H3. The van der Waals surface area contributed by atoms with E-state index in [9.17, 15) is 10.1 Å². The quantitative estimate of drug-likeness (QED) is 0.708. The normalized spacial score (nSPS) is 19.9. The molecule has 28 heavy (non-hydrogen) atoms. The summed E-state index contributed by atoms with van der Waals surface area (Å²) in [7, 11) is 0. The third-order valence-corrected chi connectivity index (χ3v) is 5.46. The summed E-state index contributed by atoms with van der Waals surface area (Å²) in [6, 6.07) is 7.96. The number of anilines is 1. The summed E-state index contributed by atoms with van der Waals surface area (Å²) >= 11 is 3.62. The minimum atomic E-state index is -0.661. The second-order valence-corrected chi connectivity index (χ2v) is 7.27. The molecule has 0 spiro atoms. The largest absolute Gasteiger partial charge is 0.463 e. The number of hydrogen-bond acceptors (Lipinski definition) is 7. The van der Waals surface area contributed by atoms with E-state index in [1.165, 1.54) is 0 Å². The number of allylic oxidation sites excluding steroid dienone is 2. The zero-order chi connectivity index (χ0) is 20.3. The van der Waals surface area contributed by atoms with Crippen molar-refractivity contribution in [1.82, 2.24) is 0 Å². The van der Waals surface area contributed by atoms with Crippen LogP contribution in [0.1, 0.15) is 25.3 Å². The maximum absolute atomic E-state index is 12.6. The van der Waals surface area contributed by atoms with Crippen LogP contribution in [0.4, 0.5) is 5.69 Å². The van der Waals surface area contributed by atoms with Gasteiger partial charge in [-0.2, -0.15) is 5.26 Å². The third kappa shape index (κ3) is 3.86. The summed E-state index contributed by atoms with van der Waals surface area (Å²) in [6.07, 6.45) is 0. The summed E-state index contributed by atoms with van der Waals surface area (Å²) in [6.45, 7) is 6.60. The Bertz CT molecular complexity index is 882. The van der Waals surface area contributed by atoms with Crippen LogP contribution in [-0.4, -0.2) is 38.9 Å². The Kier molecular flexibility index (Phi) is 6.27. The third-order valence-electron chi connectivity index (χ3n) is 4.77. The molecule has 1 atom stereocenters. The van der Waals surface area contributed by atoms with Crippen LogP contribution < -0.4 is 10.6 Å². The van der Waals surface area contributed by atoms with Crippen molar-refractivity contribution in [2.24, 2.45) is 5.73 Å². The minimum absolute atomic E-state index is 0.00204. The summed E-state index contributed by atoms with van der Waals surface area (Å²) in [4.78, 5) is 14.8. The van der Waals surface area contributed by atoms with E-state index in [1.54, 1.807) is 13.8 Å². The van der Waals surface area contributed by atoms with Gasteiger partial charge in [0.05, 0.1) is 31.3 Å². The molecule has 0 saturated carbocycles. The molecule has 0 bridgehead atoms. The zero-order valence-corrected chi connectivity index (χ0v) is 17.4. The van der Waals surface area contributed by atoms with E-state index >= 15 is 0 Å². The van der Waals surface area contributed by atoms with Gasteiger partial charge in [-0.15, -0.1) is 0 Å². The van der Waals surface area contributed by atoms with Crippen molar-refractivity contribution in [3.8, 4) is 6.07 Å². The number of nitrogens with zero attached hydrogens (tertiary/aromatic N) is 2. The molecule has 0 radical (unpaired) electrons. The number of halogens is 1. The van der Waals surface area contributed by atoms with Gasteiger partial charge in [0.2, 0.25) is 5.88 Å². The first-order valence-electron chi connectivity index (χ1n) is 9.05. The van der Waals surface area contributed by atoms with Crippen molar-refractivity contribution in [2.45, 2.75) is 19.8 Å². The molecule has 0 aromatic heterocycles. The topological polar surface area (TPSA) is 97.8 Å². The van der Waals surface area contributed by atoms with Crippen LogP contribution in [0.15, 0.2) is 45.5 Å². The highest BCUT2D eigenvalue weighted by Gasteiger charge is 2.37. The maximum atomic E-state index is 12.6. The lowest BCUT2D eigenvalue weighted by atomic mass is 9.83. The molecule has 8 heteroatoms. The predicted molar refractivity (Wildman–Crippen MR) is 107 cm³/mol. The molecule has 148 valence electrons. The molecule has 1 unspecified atom stereocenters. The van der Waals surface area contributed by atoms with Gasteiger partial charge >= 0.3 is 5.97 Å².